The third kappa shape index (κ3) is 4.20. The van der Waals surface area contributed by atoms with E-state index in [0.717, 1.165) is 32.6 Å². The van der Waals surface area contributed by atoms with E-state index in [-0.39, 0.29) is 6.61 Å². The molecule has 0 unspecified atom stereocenters. The van der Waals surface area contributed by atoms with Crippen LogP contribution in [-0.4, -0.2) is 54.2 Å². The van der Waals surface area contributed by atoms with Crippen LogP contribution in [0.2, 0.25) is 0 Å². The van der Waals surface area contributed by atoms with Crippen LogP contribution in [-0.2, 0) is 6.54 Å². The molecule has 1 saturated heterocycles. The maximum Gasteiger partial charge on any atom is 0.0446 e. The van der Waals surface area contributed by atoms with E-state index >= 15 is 0 Å². The van der Waals surface area contributed by atoms with Gasteiger partial charge in [-0.25, -0.2) is 0 Å². The third-order valence-corrected chi connectivity index (χ3v) is 4.72. The van der Waals surface area contributed by atoms with E-state index in [2.05, 4.69) is 65.4 Å². The summed E-state index contributed by atoms with van der Waals surface area (Å²) in [6.45, 7) is 4.45. The van der Waals surface area contributed by atoms with E-state index in [9.17, 15) is 5.11 Å². The van der Waals surface area contributed by atoms with Gasteiger partial charge in [-0.15, -0.1) is 0 Å². The van der Waals surface area contributed by atoms with Crippen LogP contribution < -0.4 is 0 Å². The predicted molar refractivity (Wildman–Crippen MR) is 95.3 cm³/mol. The smallest absolute Gasteiger partial charge is 0.0446 e. The average Bonchev–Trinajstić information content (AvgIpc) is 2.59. The first-order valence-electron chi connectivity index (χ1n) is 8.44. The molecule has 3 heteroatoms. The minimum atomic E-state index is 0.266. The summed E-state index contributed by atoms with van der Waals surface area (Å²) in [7, 11) is 2.16. The van der Waals surface area contributed by atoms with Crippen LogP contribution in [0.3, 0.4) is 0 Å². The Morgan fingerprint density at radius 3 is 2.35 bits per heavy atom. The average molecular weight is 310 g/mol. The molecular formula is C20H26N2O. The SMILES string of the molecule is CN1CCN(Cc2ccc(-c3ccccc3)cc2)[C@@H](CCO)C1. The molecule has 1 atom stereocenters. The molecule has 122 valence electrons. The van der Waals surface area contributed by atoms with Crippen LogP contribution in [0.15, 0.2) is 54.6 Å². The molecule has 0 radical (unpaired) electrons. The third-order valence-electron chi connectivity index (χ3n) is 4.72. The van der Waals surface area contributed by atoms with Crippen molar-refractivity contribution in [3.8, 4) is 11.1 Å². The number of hydrogen-bond donors (Lipinski definition) is 1. The maximum atomic E-state index is 9.31. The highest BCUT2D eigenvalue weighted by Crippen LogP contribution is 2.21. The van der Waals surface area contributed by atoms with E-state index in [0.29, 0.717) is 6.04 Å². The summed E-state index contributed by atoms with van der Waals surface area (Å²) >= 11 is 0. The fraction of sp³-hybridized carbons (Fsp3) is 0.400. The molecule has 0 saturated carbocycles. The predicted octanol–water partition coefficient (Wildman–Crippen LogP) is 2.85. The number of benzene rings is 2. The standard InChI is InChI=1S/C20H26N2O/c1-21-12-13-22(20(16-21)11-14-23)15-17-7-9-19(10-8-17)18-5-3-2-4-6-18/h2-10,20,23H,11-16H2,1H3/t20-/m0/s1. The van der Waals surface area contributed by atoms with Gasteiger partial charge in [-0.2, -0.15) is 0 Å². The van der Waals surface area contributed by atoms with Crippen LogP contribution >= 0.6 is 0 Å². The lowest BCUT2D eigenvalue weighted by molar-refractivity contribution is 0.0667. The Labute approximate surface area is 139 Å². The first kappa shape index (κ1) is 16.2. The van der Waals surface area contributed by atoms with E-state index in [1.54, 1.807) is 0 Å². The minimum absolute atomic E-state index is 0.266. The van der Waals surface area contributed by atoms with E-state index in [1.807, 2.05) is 6.07 Å². The largest absolute Gasteiger partial charge is 0.396 e. The van der Waals surface area contributed by atoms with Gasteiger partial charge in [0.15, 0.2) is 0 Å². The summed E-state index contributed by atoms with van der Waals surface area (Å²) in [6.07, 6.45) is 0.854. The molecule has 0 aliphatic carbocycles. The highest BCUT2D eigenvalue weighted by atomic mass is 16.3. The van der Waals surface area contributed by atoms with E-state index in [4.69, 9.17) is 0 Å². The van der Waals surface area contributed by atoms with Gasteiger partial charge in [0.2, 0.25) is 0 Å². The van der Waals surface area contributed by atoms with Crippen molar-refractivity contribution in [3.63, 3.8) is 0 Å². The lowest BCUT2D eigenvalue weighted by Crippen LogP contribution is -2.51. The number of rotatable bonds is 5. The Morgan fingerprint density at radius 1 is 0.957 bits per heavy atom. The molecule has 3 nitrogen and oxygen atoms in total. The van der Waals surface area contributed by atoms with Crippen molar-refractivity contribution < 1.29 is 5.11 Å². The molecule has 1 aliphatic heterocycles. The Balaban J connectivity index is 1.67. The van der Waals surface area contributed by atoms with Gasteiger partial charge >= 0.3 is 0 Å². The normalized spacial score (nSPS) is 19.8. The number of likely N-dealkylation sites (N-methyl/N-ethyl adjacent to an activating group) is 1. The zero-order valence-corrected chi connectivity index (χ0v) is 13.9. The fourth-order valence-electron chi connectivity index (χ4n) is 3.35. The molecule has 1 heterocycles. The highest BCUT2D eigenvalue weighted by Gasteiger charge is 2.24. The lowest BCUT2D eigenvalue weighted by atomic mass is 10.0. The molecule has 1 N–H and O–H groups in total. The summed E-state index contributed by atoms with van der Waals surface area (Å²) in [5.74, 6) is 0. The maximum absolute atomic E-state index is 9.31. The van der Waals surface area contributed by atoms with Gasteiger partial charge in [-0.05, 0) is 30.2 Å². The van der Waals surface area contributed by atoms with Crippen LogP contribution in [0.1, 0.15) is 12.0 Å². The van der Waals surface area contributed by atoms with Crippen molar-refractivity contribution in [3.05, 3.63) is 60.2 Å². The Kier molecular flexibility index (Phi) is 5.44. The Bertz CT molecular complexity index is 597. The second-order valence-corrected chi connectivity index (χ2v) is 6.46. The topological polar surface area (TPSA) is 26.7 Å². The molecule has 0 spiro atoms. The molecular weight excluding hydrogens is 284 g/mol. The second kappa shape index (κ2) is 7.73. The van der Waals surface area contributed by atoms with Gasteiger partial charge in [0.05, 0.1) is 0 Å². The monoisotopic (exact) mass is 310 g/mol. The molecule has 2 aromatic rings. The fourth-order valence-corrected chi connectivity index (χ4v) is 3.35. The van der Waals surface area contributed by atoms with Crippen LogP contribution in [0.25, 0.3) is 11.1 Å². The first-order chi connectivity index (χ1) is 11.3. The van der Waals surface area contributed by atoms with Gasteiger partial charge in [-0.1, -0.05) is 54.6 Å². The number of piperazine rings is 1. The summed E-state index contributed by atoms with van der Waals surface area (Å²) in [6, 6.07) is 19.8. The molecule has 0 amide bonds. The second-order valence-electron chi connectivity index (χ2n) is 6.46. The summed E-state index contributed by atoms with van der Waals surface area (Å²) in [5.41, 5.74) is 3.87. The summed E-state index contributed by atoms with van der Waals surface area (Å²) < 4.78 is 0. The molecule has 23 heavy (non-hydrogen) atoms. The van der Waals surface area contributed by atoms with Crippen LogP contribution in [0.5, 0.6) is 0 Å². The van der Waals surface area contributed by atoms with Crippen molar-refractivity contribution in [1.29, 1.82) is 0 Å². The zero-order chi connectivity index (χ0) is 16.1. The van der Waals surface area contributed by atoms with Crippen LogP contribution in [0, 0.1) is 0 Å². The van der Waals surface area contributed by atoms with Crippen molar-refractivity contribution in [1.82, 2.24) is 9.80 Å². The molecule has 0 bridgehead atoms. The molecule has 3 rings (SSSR count). The number of aliphatic hydroxyl groups is 1. The quantitative estimate of drug-likeness (QED) is 0.920. The number of hydrogen-bond acceptors (Lipinski definition) is 3. The first-order valence-corrected chi connectivity index (χ1v) is 8.44. The Hall–Kier alpha value is -1.68. The zero-order valence-electron chi connectivity index (χ0n) is 13.9. The summed E-state index contributed by atoms with van der Waals surface area (Å²) in [4.78, 5) is 4.86. The lowest BCUT2D eigenvalue weighted by Gasteiger charge is -2.40. The van der Waals surface area contributed by atoms with Crippen LogP contribution in [0.4, 0.5) is 0 Å². The van der Waals surface area contributed by atoms with Gasteiger partial charge in [0, 0.05) is 38.8 Å². The van der Waals surface area contributed by atoms with Crippen molar-refractivity contribution in [2.75, 3.05) is 33.3 Å². The molecule has 1 fully saturated rings. The molecule has 0 aromatic heterocycles. The van der Waals surface area contributed by atoms with Gasteiger partial charge in [-0.3, -0.25) is 4.90 Å². The molecule has 2 aromatic carbocycles. The highest BCUT2D eigenvalue weighted by molar-refractivity contribution is 5.63. The van der Waals surface area contributed by atoms with Crippen molar-refractivity contribution in [2.45, 2.75) is 19.0 Å². The minimum Gasteiger partial charge on any atom is -0.396 e. The number of nitrogens with zero attached hydrogens (tertiary/aromatic N) is 2. The van der Waals surface area contributed by atoms with Crippen molar-refractivity contribution in [2.24, 2.45) is 0 Å². The Morgan fingerprint density at radius 2 is 1.65 bits per heavy atom. The number of aliphatic hydroxyl groups excluding tert-OH is 1. The van der Waals surface area contributed by atoms with Crippen molar-refractivity contribution >= 4 is 0 Å². The van der Waals surface area contributed by atoms with Gasteiger partial charge < -0.3 is 10.0 Å². The van der Waals surface area contributed by atoms with Gasteiger partial charge in [0.25, 0.3) is 0 Å². The summed E-state index contributed by atoms with van der Waals surface area (Å²) in [5, 5.41) is 9.31. The van der Waals surface area contributed by atoms with E-state index < -0.39 is 0 Å². The molecule has 1 aliphatic rings. The van der Waals surface area contributed by atoms with Gasteiger partial charge in [0.1, 0.15) is 0 Å². The van der Waals surface area contributed by atoms with E-state index in [1.165, 1.54) is 16.7 Å².